The first-order valence-corrected chi connectivity index (χ1v) is 6.68. The van der Waals surface area contributed by atoms with Crippen LogP contribution in [0.5, 0.6) is 17.5 Å². The lowest BCUT2D eigenvalue weighted by Crippen LogP contribution is -2.20. The Kier molecular flexibility index (Phi) is 3.62. The number of aromatic hydroxyl groups is 3. The number of hydrogen-bond acceptors (Lipinski definition) is 8. The van der Waals surface area contributed by atoms with Crippen molar-refractivity contribution >= 4 is 18.0 Å². The van der Waals surface area contributed by atoms with Gasteiger partial charge in [-0.3, -0.25) is 0 Å². The highest BCUT2D eigenvalue weighted by atomic mass is 16.3. The molecule has 0 saturated heterocycles. The van der Waals surface area contributed by atoms with E-state index in [4.69, 9.17) is 5.73 Å². The number of nitrogens with zero attached hydrogens (tertiary/aromatic N) is 5. The quantitative estimate of drug-likeness (QED) is 0.544. The molecule has 10 heteroatoms. The number of phenolic OH excluding ortho intramolecular Hbond substituents is 2. The lowest BCUT2D eigenvalue weighted by atomic mass is 10.2. The molecule has 0 saturated carbocycles. The van der Waals surface area contributed by atoms with Crippen molar-refractivity contribution in [3.63, 3.8) is 0 Å². The summed E-state index contributed by atoms with van der Waals surface area (Å²) in [7, 11) is 0. The minimum absolute atomic E-state index is 0.0122. The molecule has 0 unspecified atom stereocenters. The van der Waals surface area contributed by atoms with Crippen molar-refractivity contribution in [3.8, 4) is 28.9 Å². The Morgan fingerprint density at radius 1 is 1.29 bits per heavy atom. The number of phenols is 2. The topological polar surface area (TPSA) is 154 Å². The maximum atomic E-state index is 10.0. The van der Waals surface area contributed by atoms with E-state index in [0.717, 1.165) is 10.6 Å². The van der Waals surface area contributed by atoms with E-state index in [9.17, 15) is 15.3 Å². The van der Waals surface area contributed by atoms with Crippen LogP contribution >= 0.6 is 0 Å². The minimum Gasteiger partial charge on any atom is -0.508 e. The van der Waals surface area contributed by atoms with Gasteiger partial charge in [0.2, 0.25) is 0 Å². The molecule has 0 fully saturated rings. The molecule has 1 aliphatic rings. The van der Waals surface area contributed by atoms with Crippen LogP contribution in [0.1, 0.15) is 0 Å². The third-order valence-electron chi connectivity index (χ3n) is 3.19. The Labute approximate surface area is 135 Å². The van der Waals surface area contributed by atoms with E-state index in [1.807, 2.05) is 0 Å². The number of aliphatic imine (C=N–C) groups is 2. The molecule has 1 aliphatic heterocycles. The molecule has 3 rings (SSSR count). The van der Waals surface area contributed by atoms with Crippen LogP contribution in [-0.4, -0.2) is 42.3 Å². The number of rotatable bonds is 3. The summed E-state index contributed by atoms with van der Waals surface area (Å²) in [5, 5.41) is 39.6. The zero-order valence-corrected chi connectivity index (χ0v) is 12.2. The van der Waals surface area contributed by atoms with Gasteiger partial charge < -0.3 is 26.4 Å². The summed E-state index contributed by atoms with van der Waals surface area (Å²) in [6.45, 7) is 3.50. The SMILES string of the molecule is C=C/N=C1/NC=N/C1=C(/N)n1c(O)nnc1-c1ccc(O)cc1O. The molecule has 10 nitrogen and oxygen atoms in total. The molecule has 0 atom stereocenters. The molecule has 2 heterocycles. The normalized spacial score (nSPS) is 17.1. The summed E-state index contributed by atoms with van der Waals surface area (Å²) in [6, 6.07) is 3.41. The lowest BCUT2D eigenvalue weighted by Gasteiger charge is -2.10. The molecular weight excluding hydrogens is 314 g/mol. The predicted molar refractivity (Wildman–Crippen MR) is 87.1 cm³/mol. The van der Waals surface area contributed by atoms with E-state index in [1.54, 1.807) is 0 Å². The first-order chi connectivity index (χ1) is 11.5. The number of nitrogens with one attached hydrogen (secondary N) is 1. The molecule has 0 aliphatic carbocycles. The fourth-order valence-electron chi connectivity index (χ4n) is 2.15. The van der Waals surface area contributed by atoms with Crippen LogP contribution in [0.4, 0.5) is 0 Å². The highest BCUT2D eigenvalue weighted by Gasteiger charge is 2.23. The predicted octanol–water partition coefficient (Wildman–Crippen LogP) is 0.320. The van der Waals surface area contributed by atoms with Gasteiger partial charge in [-0.05, 0) is 12.1 Å². The number of aromatic nitrogens is 3. The second-order valence-electron chi connectivity index (χ2n) is 4.66. The van der Waals surface area contributed by atoms with E-state index in [-0.39, 0.29) is 34.4 Å². The van der Waals surface area contributed by atoms with Gasteiger partial charge in [-0.15, -0.1) is 5.10 Å². The smallest absolute Gasteiger partial charge is 0.320 e. The van der Waals surface area contributed by atoms with Crippen molar-refractivity contribution < 1.29 is 15.3 Å². The standard InChI is InChI=1S/C14H13N7O3/c1-2-16-12-10(17-6-18-12)11(15)21-13(19-20-14(21)24)8-4-3-7(22)5-9(8)23/h2-6,22-23H,1,15H2,(H,20,24)(H,16,17,18)/b11-10-. The number of amidine groups is 1. The molecule has 1 aromatic heterocycles. The number of benzene rings is 1. The highest BCUT2D eigenvalue weighted by Crippen LogP contribution is 2.33. The van der Waals surface area contributed by atoms with Crippen molar-refractivity contribution in [3.05, 3.63) is 36.7 Å². The van der Waals surface area contributed by atoms with Crippen LogP contribution in [0.15, 0.2) is 46.7 Å². The molecule has 2 aromatic rings. The summed E-state index contributed by atoms with van der Waals surface area (Å²) in [6.07, 6.45) is 2.69. The average Bonchev–Trinajstić information content (AvgIpc) is 3.14. The van der Waals surface area contributed by atoms with E-state index < -0.39 is 6.01 Å². The molecule has 0 spiro atoms. The maximum Gasteiger partial charge on any atom is 0.320 e. The van der Waals surface area contributed by atoms with Crippen LogP contribution < -0.4 is 11.1 Å². The van der Waals surface area contributed by atoms with Gasteiger partial charge >= 0.3 is 6.01 Å². The molecule has 0 radical (unpaired) electrons. The molecule has 24 heavy (non-hydrogen) atoms. The van der Waals surface area contributed by atoms with E-state index in [0.29, 0.717) is 5.84 Å². The van der Waals surface area contributed by atoms with Gasteiger partial charge in [-0.2, -0.15) is 0 Å². The van der Waals surface area contributed by atoms with Crippen molar-refractivity contribution in [2.75, 3.05) is 0 Å². The van der Waals surface area contributed by atoms with Crippen molar-refractivity contribution in [1.29, 1.82) is 0 Å². The van der Waals surface area contributed by atoms with Gasteiger partial charge in [0.1, 0.15) is 23.0 Å². The monoisotopic (exact) mass is 327 g/mol. The summed E-state index contributed by atoms with van der Waals surface area (Å²) in [5.41, 5.74) is 6.54. The molecular formula is C14H13N7O3. The molecule has 1 aromatic carbocycles. The largest absolute Gasteiger partial charge is 0.508 e. The first kappa shape index (κ1) is 15.1. The third-order valence-corrected chi connectivity index (χ3v) is 3.19. The highest BCUT2D eigenvalue weighted by molar-refractivity contribution is 6.12. The second kappa shape index (κ2) is 5.76. The molecule has 0 bridgehead atoms. The first-order valence-electron chi connectivity index (χ1n) is 6.68. The van der Waals surface area contributed by atoms with Crippen molar-refractivity contribution in [2.24, 2.45) is 15.7 Å². The van der Waals surface area contributed by atoms with Crippen LogP contribution in [0, 0.1) is 0 Å². The lowest BCUT2D eigenvalue weighted by molar-refractivity contribution is 0.421. The van der Waals surface area contributed by atoms with E-state index in [1.165, 1.54) is 24.7 Å². The van der Waals surface area contributed by atoms with Gasteiger partial charge in [0.05, 0.1) is 11.9 Å². The summed E-state index contributed by atoms with van der Waals surface area (Å²) >= 11 is 0. The average molecular weight is 327 g/mol. The zero-order valence-electron chi connectivity index (χ0n) is 12.2. The van der Waals surface area contributed by atoms with Gasteiger partial charge in [0.15, 0.2) is 11.7 Å². The van der Waals surface area contributed by atoms with Gasteiger partial charge in [0.25, 0.3) is 0 Å². The molecule has 0 amide bonds. The Hall–Kier alpha value is -3.82. The molecule has 122 valence electrons. The second-order valence-corrected chi connectivity index (χ2v) is 4.66. The fourth-order valence-corrected chi connectivity index (χ4v) is 2.15. The Morgan fingerprint density at radius 3 is 2.79 bits per heavy atom. The van der Waals surface area contributed by atoms with Crippen LogP contribution in [0.2, 0.25) is 0 Å². The van der Waals surface area contributed by atoms with Crippen LogP contribution in [-0.2, 0) is 0 Å². The van der Waals surface area contributed by atoms with Crippen LogP contribution in [0.3, 0.4) is 0 Å². The summed E-state index contributed by atoms with van der Waals surface area (Å²) < 4.78 is 1.10. The van der Waals surface area contributed by atoms with E-state index in [2.05, 4.69) is 32.1 Å². The van der Waals surface area contributed by atoms with Crippen molar-refractivity contribution in [2.45, 2.75) is 0 Å². The van der Waals surface area contributed by atoms with Crippen LogP contribution in [0.25, 0.3) is 17.2 Å². The Morgan fingerprint density at radius 2 is 2.08 bits per heavy atom. The third kappa shape index (κ3) is 2.41. The minimum atomic E-state index is -0.498. The van der Waals surface area contributed by atoms with Gasteiger partial charge in [0, 0.05) is 12.3 Å². The Balaban J connectivity index is 2.20. The van der Waals surface area contributed by atoms with E-state index >= 15 is 0 Å². The fraction of sp³-hybridized carbons (Fsp3) is 0. The summed E-state index contributed by atoms with van der Waals surface area (Å²) in [4.78, 5) is 8.04. The van der Waals surface area contributed by atoms with Gasteiger partial charge in [-0.1, -0.05) is 11.7 Å². The summed E-state index contributed by atoms with van der Waals surface area (Å²) in [5.74, 6) is 0.00527. The number of nitrogens with two attached hydrogens (primary N) is 1. The number of hydrogen-bond donors (Lipinski definition) is 5. The maximum absolute atomic E-state index is 10.0. The van der Waals surface area contributed by atoms with Crippen molar-refractivity contribution in [1.82, 2.24) is 20.1 Å². The zero-order chi connectivity index (χ0) is 17.3. The van der Waals surface area contributed by atoms with Gasteiger partial charge in [-0.25, -0.2) is 14.6 Å². The molecule has 6 N–H and O–H groups in total. The Bertz CT molecular complexity index is 911.